The Bertz CT molecular complexity index is 750. The second-order valence-corrected chi connectivity index (χ2v) is 7.66. The summed E-state index contributed by atoms with van der Waals surface area (Å²) in [5, 5.41) is 10.2. The smallest absolute Gasteiger partial charge is 0.160 e. The average molecular weight is 315 g/mol. The molecule has 2 aromatic rings. The maximum atomic E-state index is 10.2. The summed E-state index contributed by atoms with van der Waals surface area (Å²) in [5.41, 5.74) is 5.62. The van der Waals surface area contributed by atoms with Gasteiger partial charge in [0.25, 0.3) is 0 Å². The Kier molecular flexibility index (Phi) is 3.20. The van der Waals surface area contributed by atoms with Crippen molar-refractivity contribution in [1.82, 2.24) is 4.90 Å². The van der Waals surface area contributed by atoms with Gasteiger partial charge < -0.3 is 9.84 Å². The van der Waals surface area contributed by atoms with Gasteiger partial charge in [0.2, 0.25) is 0 Å². The first-order valence-corrected chi connectivity index (χ1v) is 8.61. The van der Waals surface area contributed by atoms with Gasteiger partial charge in [0.15, 0.2) is 11.5 Å². The van der Waals surface area contributed by atoms with E-state index in [1.54, 1.807) is 12.7 Å². The Morgan fingerprint density at radius 2 is 2.14 bits per heavy atom. The number of aryl methyl sites for hydroxylation is 1. The molecule has 22 heavy (non-hydrogen) atoms. The second-order valence-electron chi connectivity index (χ2n) is 6.35. The van der Waals surface area contributed by atoms with Crippen LogP contribution in [0.25, 0.3) is 0 Å². The fourth-order valence-electron chi connectivity index (χ4n) is 3.86. The predicted octanol–water partition coefficient (Wildman–Crippen LogP) is 3.73. The molecule has 4 rings (SSSR count). The third-order valence-electron chi connectivity index (χ3n) is 5.24. The van der Waals surface area contributed by atoms with E-state index >= 15 is 0 Å². The van der Waals surface area contributed by atoms with Gasteiger partial charge in [0.1, 0.15) is 0 Å². The minimum atomic E-state index is 0.257. The van der Waals surface area contributed by atoms with Crippen molar-refractivity contribution in [3.8, 4) is 11.5 Å². The number of phenols is 1. The van der Waals surface area contributed by atoms with Crippen LogP contribution < -0.4 is 4.74 Å². The molecule has 0 radical (unpaired) electrons. The van der Waals surface area contributed by atoms with Crippen molar-refractivity contribution in [2.75, 3.05) is 13.7 Å². The zero-order valence-electron chi connectivity index (χ0n) is 13.3. The highest BCUT2D eigenvalue weighted by atomic mass is 32.1. The lowest BCUT2D eigenvalue weighted by Crippen LogP contribution is -2.39. The van der Waals surface area contributed by atoms with E-state index in [9.17, 15) is 5.11 Å². The van der Waals surface area contributed by atoms with Crippen LogP contribution in [0.15, 0.2) is 12.1 Å². The van der Waals surface area contributed by atoms with E-state index in [0.29, 0.717) is 11.8 Å². The predicted molar refractivity (Wildman–Crippen MR) is 89.0 cm³/mol. The quantitative estimate of drug-likeness (QED) is 0.870. The van der Waals surface area contributed by atoms with Crippen molar-refractivity contribution in [3.63, 3.8) is 0 Å². The van der Waals surface area contributed by atoms with Gasteiger partial charge in [-0.2, -0.15) is 0 Å². The highest BCUT2D eigenvalue weighted by Gasteiger charge is 2.34. The first kappa shape index (κ1) is 14.1. The number of aromatic hydroxyl groups is 1. The van der Waals surface area contributed by atoms with Crippen LogP contribution in [0, 0.1) is 13.8 Å². The number of fused-ring (bicyclic) bond motifs is 4. The van der Waals surface area contributed by atoms with E-state index in [4.69, 9.17) is 4.74 Å². The molecule has 0 saturated heterocycles. The van der Waals surface area contributed by atoms with Gasteiger partial charge in [-0.3, -0.25) is 4.90 Å². The van der Waals surface area contributed by atoms with Crippen molar-refractivity contribution < 1.29 is 9.84 Å². The van der Waals surface area contributed by atoms with E-state index in [1.165, 1.54) is 26.4 Å². The summed E-state index contributed by atoms with van der Waals surface area (Å²) >= 11 is 1.95. The highest BCUT2D eigenvalue weighted by molar-refractivity contribution is 7.12. The molecule has 1 N–H and O–H groups in total. The first-order valence-electron chi connectivity index (χ1n) is 7.80. The van der Waals surface area contributed by atoms with E-state index < -0.39 is 0 Å². The molecule has 1 aromatic carbocycles. The maximum absolute atomic E-state index is 10.2. The topological polar surface area (TPSA) is 32.7 Å². The number of hydrogen-bond acceptors (Lipinski definition) is 4. The Hall–Kier alpha value is -1.52. The zero-order valence-corrected chi connectivity index (χ0v) is 14.1. The molecule has 1 atom stereocenters. The fraction of sp³-hybridized carbons (Fsp3) is 0.444. The Balaban J connectivity index is 1.78. The van der Waals surface area contributed by atoms with E-state index in [2.05, 4.69) is 18.7 Å². The van der Waals surface area contributed by atoms with Crippen molar-refractivity contribution in [1.29, 1.82) is 0 Å². The van der Waals surface area contributed by atoms with E-state index in [-0.39, 0.29) is 5.75 Å². The number of phenolic OH excluding ortho intramolecular Hbond substituents is 1. The summed E-state index contributed by atoms with van der Waals surface area (Å²) in [6.45, 7) is 6.60. The highest BCUT2D eigenvalue weighted by Crippen LogP contribution is 2.44. The summed E-state index contributed by atoms with van der Waals surface area (Å²) in [7, 11) is 1.61. The molecule has 0 amide bonds. The zero-order chi connectivity index (χ0) is 15.4. The molecule has 3 heterocycles. The molecule has 2 aliphatic heterocycles. The minimum Gasteiger partial charge on any atom is -0.504 e. The summed E-state index contributed by atoms with van der Waals surface area (Å²) in [5.74, 6) is 0.846. The third kappa shape index (κ3) is 1.97. The molecule has 0 fully saturated rings. The van der Waals surface area contributed by atoms with Crippen LogP contribution in [0.5, 0.6) is 11.5 Å². The summed E-state index contributed by atoms with van der Waals surface area (Å²) in [4.78, 5) is 5.54. The summed E-state index contributed by atoms with van der Waals surface area (Å²) in [6.07, 6.45) is 2.09. The number of hydrogen-bond donors (Lipinski definition) is 1. The van der Waals surface area contributed by atoms with Crippen molar-refractivity contribution in [2.24, 2.45) is 0 Å². The summed E-state index contributed by atoms with van der Waals surface area (Å²) in [6, 6.07) is 4.33. The van der Waals surface area contributed by atoms with Crippen molar-refractivity contribution >= 4 is 11.3 Å². The fourth-order valence-corrected chi connectivity index (χ4v) is 5.08. The number of rotatable bonds is 1. The largest absolute Gasteiger partial charge is 0.504 e. The van der Waals surface area contributed by atoms with Gasteiger partial charge in [0.05, 0.1) is 7.11 Å². The number of methoxy groups -OCH3 is 1. The molecular formula is C18H21NO2S. The first-order chi connectivity index (χ1) is 10.6. The van der Waals surface area contributed by atoms with Crippen LogP contribution in [0.3, 0.4) is 0 Å². The van der Waals surface area contributed by atoms with Crippen molar-refractivity contribution in [3.05, 3.63) is 44.1 Å². The van der Waals surface area contributed by atoms with Crippen LogP contribution in [-0.4, -0.2) is 23.7 Å². The van der Waals surface area contributed by atoms with Crippen molar-refractivity contribution in [2.45, 2.75) is 39.3 Å². The maximum Gasteiger partial charge on any atom is 0.160 e. The van der Waals surface area contributed by atoms with Gasteiger partial charge in [0, 0.05) is 35.3 Å². The molecule has 0 bridgehead atoms. The number of thiophene rings is 1. The average Bonchev–Trinajstić information content (AvgIpc) is 2.79. The van der Waals surface area contributed by atoms with Crippen LogP contribution >= 0.6 is 11.3 Å². The number of benzene rings is 1. The summed E-state index contributed by atoms with van der Waals surface area (Å²) < 4.78 is 5.26. The molecule has 2 aliphatic rings. The van der Waals surface area contributed by atoms with Gasteiger partial charge >= 0.3 is 0 Å². The molecule has 1 aromatic heterocycles. The monoisotopic (exact) mass is 315 g/mol. The van der Waals surface area contributed by atoms with Crippen LogP contribution in [-0.2, 0) is 19.4 Å². The van der Waals surface area contributed by atoms with Crippen LogP contribution in [0.2, 0.25) is 0 Å². The SMILES string of the molecule is COc1cc2c(cc1O)[C@@H]1Cc3sc(C)c(C)c3CN1CC2. The standard InChI is InChI=1S/C18H21NO2S/c1-10-11(2)22-18-8-15-13-7-16(20)17(21-3)6-12(13)4-5-19(15)9-14(10)18/h6-7,15,20H,4-5,8-9H2,1-3H3/t15-/m0/s1. The Morgan fingerprint density at radius 1 is 1.32 bits per heavy atom. The molecule has 0 unspecified atom stereocenters. The third-order valence-corrected chi connectivity index (χ3v) is 6.51. The van der Waals surface area contributed by atoms with E-state index in [0.717, 1.165) is 25.9 Å². The normalized spacial score (nSPS) is 20.2. The molecule has 0 aliphatic carbocycles. The molecule has 3 nitrogen and oxygen atoms in total. The lowest BCUT2D eigenvalue weighted by atomic mass is 9.86. The minimum absolute atomic E-state index is 0.257. The molecule has 0 spiro atoms. The van der Waals surface area contributed by atoms with Gasteiger partial charge in [-0.05, 0) is 54.7 Å². The van der Waals surface area contributed by atoms with Gasteiger partial charge in [-0.1, -0.05) is 0 Å². The Labute approximate surface area is 135 Å². The number of ether oxygens (including phenoxy) is 1. The van der Waals surface area contributed by atoms with Gasteiger partial charge in [-0.25, -0.2) is 0 Å². The lowest BCUT2D eigenvalue weighted by Gasteiger charge is -2.40. The molecular weight excluding hydrogens is 294 g/mol. The molecule has 4 heteroatoms. The van der Waals surface area contributed by atoms with Gasteiger partial charge in [-0.15, -0.1) is 11.3 Å². The second kappa shape index (κ2) is 5.00. The van der Waals surface area contributed by atoms with Crippen LogP contribution in [0.1, 0.15) is 38.0 Å². The van der Waals surface area contributed by atoms with Crippen LogP contribution in [0.4, 0.5) is 0 Å². The molecule has 0 saturated carbocycles. The number of nitrogens with zero attached hydrogens (tertiary/aromatic N) is 1. The van der Waals surface area contributed by atoms with E-state index in [1.807, 2.05) is 23.5 Å². The Morgan fingerprint density at radius 3 is 2.91 bits per heavy atom. The lowest BCUT2D eigenvalue weighted by molar-refractivity contribution is 0.161. The molecule has 116 valence electrons.